The number of amides is 4. The number of methoxy groups -OCH3 is 1. The highest BCUT2D eigenvalue weighted by Gasteiger charge is 2.37. The summed E-state index contributed by atoms with van der Waals surface area (Å²) in [5, 5.41) is 13.2. The zero-order valence-electron chi connectivity index (χ0n) is 19.7. The summed E-state index contributed by atoms with van der Waals surface area (Å²) in [7, 11) is 1.44. The van der Waals surface area contributed by atoms with Crippen molar-refractivity contribution in [1.29, 1.82) is 0 Å². The number of carbonyl (C=O) groups is 3. The van der Waals surface area contributed by atoms with Gasteiger partial charge in [-0.1, -0.05) is 24.3 Å². The molecular formula is C26H20IN3O7. The maximum atomic E-state index is 13.2. The monoisotopic (exact) mass is 613 g/mol. The summed E-state index contributed by atoms with van der Waals surface area (Å²) in [4.78, 5) is 49.6. The van der Waals surface area contributed by atoms with Gasteiger partial charge in [-0.05, 0) is 76.5 Å². The van der Waals surface area contributed by atoms with Crippen LogP contribution in [0.4, 0.5) is 16.2 Å². The lowest BCUT2D eigenvalue weighted by Crippen LogP contribution is -2.54. The molecule has 0 atom stereocenters. The lowest BCUT2D eigenvalue weighted by Gasteiger charge is -2.26. The Morgan fingerprint density at radius 3 is 2.54 bits per heavy atom. The number of ether oxygens (including phenoxy) is 2. The van der Waals surface area contributed by atoms with Crippen molar-refractivity contribution in [2.24, 2.45) is 0 Å². The first-order chi connectivity index (χ1) is 17.7. The van der Waals surface area contributed by atoms with Crippen molar-refractivity contribution in [2.75, 3.05) is 12.0 Å². The van der Waals surface area contributed by atoms with Crippen LogP contribution in [0.2, 0.25) is 0 Å². The van der Waals surface area contributed by atoms with E-state index in [4.69, 9.17) is 9.47 Å². The average molecular weight is 613 g/mol. The summed E-state index contributed by atoms with van der Waals surface area (Å²) in [6.45, 7) is 1.89. The molecule has 10 nitrogen and oxygen atoms in total. The number of nitro groups is 1. The van der Waals surface area contributed by atoms with E-state index >= 15 is 0 Å². The van der Waals surface area contributed by atoms with E-state index in [0.29, 0.717) is 31.9 Å². The molecule has 0 saturated carbocycles. The molecule has 1 aliphatic rings. The van der Waals surface area contributed by atoms with Crippen LogP contribution < -0.4 is 19.7 Å². The Bertz CT molecular complexity index is 1470. The molecule has 1 aliphatic heterocycles. The van der Waals surface area contributed by atoms with Crippen molar-refractivity contribution < 1.29 is 28.8 Å². The minimum Gasteiger partial charge on any atom is -0.493 e. The molecule has 1 fully saturated rings. The lowest BCUT2D eigenvalue weighted by atomic mass is 10.1. The molecule has 0 bridgehead atoms. The number of carbonyl (C=O) groups excluding carboxylic acids is 3. The van der Waals surface area contributed by atoms with E-state index < -0.39 is 22.8 Å². The average Bonchev–Trinajstić information content (AvgIpc) is 2.85. The molecule has 1 heterocycles. The number of rotatable bonds is 7. The summed E-state index contributed by atoms with van der Waals surface area (Å²) in [6.07, 6.45) is 1.38. The van der Waals surface area contributed by atoms with E-state index in [2.05, 4.69) is 5.32 Å². The van der Waals surface area contributed by atoms with Gasteiger partial charge < -0.3 is 9.47 Å². The summed E-state index contributed by atoms with van der Waals surface area (Å²) < 4.78 is 12.0. The molecule has 11 heteroatoms. The molecule has 0 spiro atoms. The summed E-state index contributed by atoms with van der Waals surface area (Å²) >= 11 is 2.03. The molecule has 3 aromatic rings. The molecule has 1 N–H and O–H groups in total. The Hall–Kier alpha value is -4.26. The molecule has 0 unspecified atom stereocenters. The zero-order chi connectivity index (χ0) is 26.7. The molecule has 4 rings (SSSR count). The third-order valence-corrected chi connectivity index (χ3v) is 6.23. The van der Waals surface area contributed by atoms with Gasteiger partial charge in [0.05, 0.1) is 21.3 Å². The number of urea groups is 1. The highest BCUT2D eigenvalue weighted by molar-refractivity contribution is 14.1. The number of aryl methyl sites for hydroxylation is 1. The number of hydrogen-bond donors (Lipinski definition) is 1. The van der Waals surface area contributed by atoms with Crippen molar-refractivity contribution in [2.45, 2.75) is 13.5 Å². The van der Waals surface area contributed by atoms with Crippen LogP contribution in [0.1, 0.15) is 16.7 Å². The van der Waals surface area contributed by atoms with Gasteiger partial charge in [0.25, 0.3) is 17.5 Å². The fourth-order valence-electron chi connectivity index (χ4n) is 3.70. The highest BCUT2D eigenvalue weighted by atomic mass is 127. The van der Waals surface area contributed by atoms with Crippen LogP contribution in [0, 0.1) is 20.6 Å². The second-order valence-corrected chi connectivity index (χ2v) is 9.21. The standard InChI is InChI=1S/C26H20IN3O7/c1-15-5-3-7-18(9-15)29-25(32)20(24(31)28-26(29)33)11-17-12-21(27)23(22(13-17)36-2)37-14-16-6-4-8-19(10-16)30(34)35/h3-13H,14H2,1-2H3,(H,28,31,33)/b20-11+. The smallest absolute Gasteiger partial charge is 0.335 e. The number of imide groups is 2. The van der Waals surface area contributed by atoms with Gasteiger partial charge in [-0.3, -0.25) is 25.0 Å². The SMILES string of the molecule is COc1cc(/C=C2\C(=O)NC(=O)N(c3cccc(C)c3)C2=O)cc(I)c1OCc1cccc([N+](=O)[O-])c1. The highest BCUT2D eigenvalue weighted by Crippen LogP contribution is 2.36. The Labute approximate surface area is 225 Å². The molecule has 0 radical (unpaired) electrons. The Morgan fingerprint density at radius 2 is 1.84 bits per heavy atom. The van der Waals surface area contributed by atoms with E-state index in [1.165, 1.54) is 25.3 Å². The van der Waals surface area contributed by atoms with Crippen LogP contribution >= 0.6 is 22.6 Å². The summed E-state index contributed by atoms with van der Waals surface area (Å²) in [5.74, 6) is -0.828. The number of nitrogens with zero attached hydrogens (tertiary/aromatic N) is 2. The van der Waals surface area contributed by atoms with E-state index in [9.17, 15) is 24.5 Å². The van der Waals surface area contributed by atoms with Crippen molar-refractivity contribution >= 4 is 57.9 Å². The fourth-order valence-corrected chi connectivity index (χ4v) is 4.49. The van der Waals surface area contributed by atoms with E-state index in [1.54, 1.807) is 42.5 Å². The van der Waals surface area contributed by atoms with Crippen molar-refractivity contribution in [3.05, 3.63) is 96.6 Å². The number of nitro benzene ring substituents is 1. The van der Waals surface area contributed by atoms with Gasteiger partial charge in [0.2, 0.25) is 0 Å². The number of halogens is 1. The third kappa shape index (κ3) is 5.61. The molecular weight excluding hydrogens is 593 g/mol. The molecule has 188 valence electrons. The topological polar surface area (TPSA) is 128 Å². The summed E-state index contributed by atoms with van der Waals surface area (Å²) in [6, 6.07) is 15.4. The van der Waals surface area contributed by atoms with Crippen molar-refractivity contribution in [3.63, 3.8) is 0 Å². The number of non-ortho nitro benzene ring substituents is 1. The van der Waals surface area contributed by atoms with Crippen LogP contribution in [-0.4, -0.2) is 29.9 Å². The van der Waals surface area contributed by atoms with Crippen LogP contribution in [0.15, 0.2) is 66.2 Å². The largest absolute Gasteiger partial charge is 0.493 e. The van der Waals surface area contributed by atoms with Gasteiger partial charge in [0, 0.05) is 12.1 Å². The normalized spacial score (nSPS) is 14.5. The Balaban J connectivity index is 1.63. The fraction of sp³-hybridized carbons (Fsp3) is 0.115. The van der Waals surface area contributed by atoms with Gasteiger partial charge in [0.1, 0.15) is 12.2 Å². The predicted molar refractivity (Wildman–Crippen MR) is 143 cm³/mol. The van der Waals surface area contributed by atoms with E-state index in [0.717, 1.165) is 10.5 Å². The van der Waals surface area contributed by atoms with Crippen LogP contribution in [-0.2, 0) is 16.2 Å². The molecule has 0 aliphatic carbocycles. The quantitative estimate of drug-likeness (QED) is 0.134. The first-order valence-electron chi connectivity index (χ1n) is 10.9. The summed E-state index contributed by atoms with van der Waals surface area (Å²) in [5.41, 5.74) is 2.01. The van der Waals surface area contributed by atoms with Crippen LogP contribution in [0.25, 0.3) is 6.08 Å². The van der Waals surface area contributed by atoms with Crippen LogP contribution in [0.3, 0.4) is 0 Å². The van der Waals surface area contributed by atoms with Crippen LogP contribution in [0.5, 0.6) is 11.5 Å². The number of barbiturate groups is 1. The molecule has 1 saturated heterocycles. The molecule has 3 aromatic carbocycles. The molecule has 37 heavy (non-hydrogen) atoms. The molecule has 4 amide bonds. The predicted octanol–water partition coefficient (Wildman–Crippen LogP) is 4.76. The third-order valence-electron chi connectivity index (χ3n) is 5.43. The van der Waals surface area contributed by atoms with Gasteiger partial charge in [-0.2, -0.15) is 0 Å². The minimum absolute atomic E-state index is 0.0432. The van der Waals surface area contributed by atoms with Gasteiger partial charge >= 0.3 is 6.03 Å². The van der Waals surface area contributed by atoms with Crippen molar-refractivity contribution in [3.8, 4) is 11.5 Å². The number of hydrogen-bond acceptors (Lipinski definition) is 7. The first-order valence-corrected chi connectivity index (χ1v) is 12.0. The molecule has 0 aromatic heterocycles. The van der Waals surface area contributed by atoms with Crippen molar-refractivity contribution in [1.82, 2.24) is 5.32 Å². The lowest BCUT2D eigenvalue weighted by molar-refractivity contribution is -0.384. The Morgan fingerprint density at radius 1 is 1.08 bits per heavy atom. The Kier molecular flexibility index (Phi) is 7.53. The zero-order valence-corrected chi connectivity index (χ0v) is 21.8. The maximum Gasteiger partial charge on any atom is 0.335 e. The maximum absolute atomic E-state index is 13.2. The minimum atomic E-state index is -0.824. The first kappa shape index (κ1) is 25.8. The number of nitrogens with one attached hydrogen (secondary N) is 1. The number of benzene rings is 3. The van der Waals surface area contributed by atoms with E-state index in [1.807, 2.05) is 35.6 Å². The number of anilines is 1. The van der Waals surface area contributed by atoms with Gasteiger partial charge in [0.15, 0.2) is 11.5 Å². The van der Waals surface area contributed by atoms with Gasteiger partial charge in [-0.15, -0.1) is 0 Å². The van der Waals surface area contributed by atoms with E-state index in [-0.39, 0.29) is 17.9 Å². The van der Waals surface area contributed by atoms with Gasteiger partial charge in [-0.25, -0.2) is 9.69 Å². The second-order valence-electron chi connectivity index (χ2n) is 8.05. The second kappa shape index (κ2) is 10.8.